The molecule has 1 saturated heterocycles. The number of aromatic nitrogens is 3. The monoisotopic (exact) mass is 568 g/mol. The Morgan fingerprint density at radius 2 is 1.85 bits per heavy atom. The molecule has 210 valence electrons. The van der Waals surface area contributed by atoms with Gasteiger partial charge in [-0.15, -0.1) is 11.3 Å². The molecule has 1 fully saturated rings. The number of rotatable bonds is 6. The first-order chi connectivity index (χ1) is 19.8. The van der Waals surface area contributed by atoms with Gasteiger partial charge in [-0.05, 0) is 75.6 Å². The van der Waals surface area contributed by atoms with Crippen LogP contribution in [0.25, 0.3) is 16.6 Å². The number of carbonyl (C=O) groups excluding carboxylic acids is 2. The van der Waals surface area contributed by atoms with Gasteiger partial charge in [-0.1, -0.05) is 18.2 Å². The number of carbonyl (C=O) groups is 2. The Labute approximate surface area is 242 Å². The van der Waals surface area contributed by atoms with Gasteiger partial charge in [0.25, 0.3) is 11.8 Å². The normalized spacial score (nSPS) is 19.7. The van der Waals surface area contributed by atoms with Crippen molar-refractivity contribution in [1.82, 2.24) is 19.7 Å². The average Bonchev–Trinajstić information content (AvgIpc) is 3.59. The van der Waals surface area contributed by atoms with Gasteiger partial charge < -0.3 is 10.4 Å². The molecular formula is C31H32N6O3S. The maximum Gasteiger partial charge on any atom is 0.257 e. The van der Waals surface area contributed by atoms with Crippen LogP contribution in [0.15, 0.2) is 77.8 Å². The highest BCUT2D eigenvalue weighted by Crippen LogP contribution is 2.31. The standard InChI is InChI=1S/C31H32N6O3S/c1-20-19-41-30(33-20)35-29(40)21-3-6-25(7-4-21)37-27-8-5-24(17-23(27)18-32-37)34-28(39)22-9-13-31(2,14-10-22)36-15-11-26(38)12-16-36/h3-10,13,17-19,26,38H,11-12,14-16H2,1-2H3,(H,34,39)(H,33,35,40). The first-order valence-electron chi connectivity index (χ1n) is 13.7. The lowest BCUT2D eigenvalue weighted by atomic mass is 9.86. The molecule has 0 bridgehead atoms. The van der Waals surface area contributed by atoms with Gasteiger partial charge in [0.1, 0.15) is 0 Å². The van der Waals surface area contributed by atoms with E-state index in [0.717, 1.165) is 54.6 Å². The van der Waals surface area contributed by atoms with Gasteiger partial charge in [-0.3, -0.25) is 19.8 Å². The minimum absolute atomic E-state index is 0.139. The molecule has 1 aliphatic heterocycles. The lowest BCUT2D eigenvalue weighted by Gasteiger charge is -2.43. The fourth-order valence-electron chi connectivity index (χ4n) is 5.36. The quantitative estimate of drug-likeness (QED) is 0.299. The largest absolute Gasteiger partial charge is 0.393 e. The molecule has 1 atom stereocenters. The lowest BCUT2D eigenvalue weighted by Crippen LogP contribution is -2.50. The van der Waals surface area contributed by atoms with Crippen LogP contribution >= 0.6 is 11.3 Å². The van der Waals surface area contributed by atoms with E-state index in [1.165, 1.54) is 11.3 Å². The van der Waals surface area contributed by atoms with Crippen LogP contribution in [0.2, 0.25) is 0 Å². The molecule has 4 aromatic rings. The maximum atomic E-state index is 13.0. The molecule has 10 heteroatoms. The van der Waals surface area contributed by atoms with E-state index in [2.05, 4.69) is 38.6 Å². The van der Waals surface area contributed by atoms with E-state index in [1.807, 2.05) is 54.8 Å². The summed E-state index contributed by atoms with van der Waals surface area (Å²) in [4.78, 5) is 32.3. The van der Waals surface area contributed by atoms with E-state index in [-0.39, 0.29) is 23.5 Å². The van der Waals surface area contributed by atoms with Crippen molar-refractivity contribution in [1.29, 1.82) is 0 Å². The highest BCUT2D eigenvalue weighted by molar-refractivity contribution is 7.13. The summed E-state index contributed by atoms with van der Waals surface area (Å²) in [6, 6.07) is 12.9. The minimum Gasteiger partial charge on any atom is -0.393 e. The van der Waals surface area contributed by atoms with Crippen LogP contribution in [0.1, 0.15) is 42.2 Å². The number of aryl methyl sites for hydroxylation is 1. The zero-order valence-corrected chi connectivity index (χ0v) is 23.8. The number of benzene rings is 2. The summed E-state index contributed by atoms with van der Waals surface area (Å²) in [6.07, 6.45) is 9.89. The number of aliphatic hydroxyl groups excluding tert-OH is 1. The van der Waals surface area contributed by atoms with Crippen molar-refractivity contribution in [2.75, 3.05) is 23.7 Å². The molecule has 9 nitrogen and oxygen atoms in total. The predicted molar refractivity (Wildman–Crippen MR) is 162 cm³/mol. The van der Waals surface area contributed by atoms with Gasteiger partial charge in [-0.2, -0.15) is 5.10 Å². The molecular weight excluding hydrogens is 536 g/mol. The van der Waals surface area contributed by atoms with E-state index >= 15 is 0 Å². The highest BCUT2D eigenvalue weighted by Gasteiger charge is 2.33. The summed E-state index contributed by atoms with van der Waals surface area (Å²) in [5, 5.41) is 23.6. The van der Waals surface area contributed by atoms with Crippen LogP contribution in [0.4, 0.5) is 10.8 Å². The summed E-state index contributed by atoms with van der Waals surface area (Å²) < 4.78 is 1.81. The number of aliphatic hydroxyl groups is 1. The zero-order valence-electron chi connectivity index (χ0n) is 23.0. The van der Waals surface area contributed by atoms with Gasteiger partial charge >= 0.3 is 0 Å². The van der Waals surface area contributed by atoms with Crippen molar-refractivity contribution in [3.63, 3.8) is 0 Å². The van der Waals surface area contributed by atoms with Crippen molar-refractivity contribution in [3.05, 3.63) is 89.1 Å². The lowest BCUT2D eigenvalue weighted by molar-refractivity contribution is -0.112. The van der Waals surface area contributed by atoms with E-state index in [4.69, 9.17) is 0 Å². The van der Waals surface area contributed by atoms with Crippen molar-refractivity contribution in [2.24, 2.45) is 0 Å². The number of amides is 2. The fraction of sp³-hybridized carbons (Fsp3) is 0.290. The summed E-state index contributed by atoms with van der Waals surface area (Å²) in [7, 11) is 0. The molecule has 3 heterocycles. The summed E-state index contributed by atoms with van der Waals surface area (Å²) in [5.74, 6) is -0.360. The van der Waals surface area contributed by atoms with Gasteiger partial charge in [-0.25, -0.2) is 9.67 Å². The highest BCUT2D eigenvalue weighted by atomic mass is 32.1. The molecule has 1 unspecified atom stereocenters. The second-order valence-corrected chi connectivity index (χ2v) is 11.7. The number of nitrogens with one attached hydrogen (secondary N) is 2. The molecule has 0 radical (unpaired) electrons. The summed E-state index contributed by atoms with van der Waals surface area (Å²) >= 11 is 1.39. The van der Waals surface area contributed by atoms with Gasteiger partial charge in [0.2, 0.25) is 0 Å². The number of hydrogen-bond acceptors (Lipinski definition) is 7. The van der Waals surface area contributed by atoms with Crippen LogP contribution in [-0.2, 0) is 4.79 Å². The Bertz CT molecular complexity index is 1660. The molecule has 2 aromatic carbocycles. The van der Waals surface area contributed by atoms with E-state index < -0.39 is 0 Å². The fourth-order valence-corrected chi connectivity index (χ4v) is 6.04. The maximum absolute atomic E-state index is 13.0. The first-order valence-corrected chi connectivity index (χ1v) is 14.6. The number of likely N-dealkylation sites (tertiary alicyclic amines) is 1. The molecule has 0 saturated carbocycles. The van der Waals surface area contributed by atoms with Crippen LogP contribution in [0, 0.1) is 6.92 Å². The van der Waals surface area contributed by atoms with Crippen molar-refractivity contribution < 1.29 is 14.7 Å². The van der Waals surface area contributed by atoms with Crippen LogP contribution in [0.3, 0.4) is 0 Å². The third-order valence-corrected chi connectivity index (χ3v) is 8.72. The summed E-state index contributed by atoms with van der Waals surface area (Å²) in [6.45, 7) is 5.79. The van der Waals surface area contributed by atoms with E-state index in [0.29, 0.717) is 22.0 Å². The van der Waals surface area contributed by atoms with Crippen LogP contribution < -0.4 is 10.6 Å². The second-order valence-electron chi connectivity index (χ2n) is 10.9. The molecule has 0 spiro atoms. The number of hydrogen-bond donors (Lipinski definition) is 3. The van der Waals surface area contributed by atoms with Gasteiger partial charge in [0.15, 0.2) is 5.13 Å². The Kier molecular flexibility index (Phi) is 7.29. The van der Waals surface area contributed by atoms with E-state index in [9.17, 15) is 14.7 Å². The SMILES string of the molecule is Cc1csc(NC(=O)c2ccc(-n3ncc4cc(NC(=O)C5=CCC(C)(N6CCC(O)CC6)C=C5)ccc43)cc2)n1. The second kappa shape index (κ2) is 11.0. The Morgan fingerprint density at radius 3 is 2.54 bits per heavy atom. The topological polar surface area (TPSA) is 112 Å². The number of piperidine rings is 1. The van der Waals surface area contributed by atoms with Gasteiger partial charge in [0.05, 0.1) is 29.2 Å². The molecule has 1 aliphatic carbocycles. The first kappa shape index (κ1) is 27.1. The molecule has 2 amide bonds. The molecule has 6 rings (SSSR count). The summed E-state index contributed by atoms with van der Waals surface area (Å²) in [5.41, 5.74) is 4.31. The molecule has 41 heavy (non-hydrogen) atoms. The number of nitrogens with zero attached hydrogens (tertiary/aromatic N) is 4. The van der Waals surface area contributed by atoms with Crippen LogP contribution in [-0.4, -0.2) is 61.3 Å². The van der Waals surface area contributed by atoms with Crippen LogP contribution in [0.5, 0.6) is 0 Å². The molecule has 3 N–H and O–H groups in total. The Morgan fingerprint density at radius 1 is 1.07 bits per heavy atom. The third kappa shape index (κ3) is 5.72. The van der Waals surface area contributed by atoms with Gasteiger partial charge in [0, 0.05) is 46.2 Å². The number of anilines is 2. The van der Waals surface area contributed by atoms with E-state index in [1.54, 1.807) is 23.0 Å². The minimum atomic E-state index is -0.213. The van der Waals surface area contributed by atoms with Crippen molar-refractivity contribution in [3.8, 4) is 5.69 Å². The number of fused-ring (bicyclic) bond motifs is 1. The number of thiazole rings is 1. The predicted octanol–water partition coefficient (Wildman–Crippen LogP) is 5.08. The smallest absolute Gasteiger partial charge is 0.257 e. The van der Waals surface area contributed by atoms with Crippen molar-refractivity contribution in [2.45, 2.75) is 44.8 Å². The average molecular weight is 569 g/mol. The third-order valence-electron chi connectivity index (χ3n) is 7.85. The molecule has 2 aromatic heterocycles. The van der Waals surface area contributed by atoms with Crippen molar-refractivity contribution >= 4 is 44.9 Å². The Hall–Kier alpha value is -4.12. The Balaban J connectivity index is 1.10. The zero-order chi connectivity index (χ0) is 28.6. The molecule has 2 aliphatic rings.